The van der Waals surface area contributed by atoms with Gasteiger partial charge in [-0.25, -0.2) is 0 Å². The molecule has 0 aromatic heterocycles. The van der Waals surface area contributed by atoms with Gasteiger partial charge in [-0.2, -0.15) is 0 Å². The minimum atomic E-state index is 0.411. The summed E-state index contributed by atoms with van der Waals surface area (Å²) in [5.74, 6) is 0.411. The van der Waals surface area contributed by atoms with E-state index in [-0.39, 0.29) is 0 Å². The summed E-state index contributed by atoms with van der Waals surface area (Å²) in [7, 11) is 1.71. The first-order valence-corrected chi connectivity index (χ1v) is 4.36. The van der Waals surface area contributed by atoms with Crippen LogP contribution in [0.15, 0.2) is 24.3 Å². The molecule has 1 atom stereocenters. The van der Waals surface area contributed by atoms with E-state index in [0.717, 1.165) is 11.6 Å². The summed E-state index contributed by atoms with van der Waals surface area (Å²) in [6.45, 7) is 2.86. The van der Waals surface area contributed by atoms with Crippen LogP contribution < -0.4 is 0 Å². The summed E-state index contributed by atoms with van der Waals surface area (Å²) in [5.41, 5.74) is 1.23. The smallest absolute Gasteiger partial charge is 0.0528 e. The van der Waals surface area contributed by atoms with E-state index in [9.17, 15) is 0 Å². The topological polar surface area (TPSA) is 9.23 Å². The molecule has 12 heavy (non-hydrogen) atoms. The average molecular weight is 185 g/mol. The maximum absolute atomic E-state index is 5.85. The van der Waals surface area contributed by atoms with Gasteiger partial charge in [0.2, 0.25) is 0 Å². The maximum atomic E-state index is 5.85. The van der Waals surface area contributed by atoms with Crippen molar-refractivity contribution in [3.05, 3.63) is 34.9 Å². The third-order valence-corrected chi connectivity index (χ3v) is 2.07. The quantitative estimate of drug-likeness (QED) is 0.702. The summed E-state index contributed by atoms with van der Waals surface area (Å²) in [6, 6.07) is 7.88. The SMILES string of the molecule is COC[C@@H](C)c1cccc(Cl)c1. The van der Waals surface area contributed by atoms with Gasteiger partial charge in [0, 0.05) is 18.1 Å². The Balaban J connectivity index is 2.73. The van der Waals surface area contributed by atoms with Gasteiger partial charge in [0.1, 0.15) is 0 Å². The van der Waals surface area contributed by atoms with Gasteiger partial charge in [-0.05, 0) is 17.7 Å². The second-order valence-electron chi connectivity index (χ2n) is 2.91. The molecule has 0 saturated heterocycles. The normalized spacial score (nSPS) is 12.9. The molecule has 0 aliphatic heterocycles. The van der Waals surface area contributed by atoms with E-state index in [2.05, 4.69) is 13.0 Å². The summed E-state index contributed by atoms with van der Waals surface area (Å²) in [5, 5.41) is 0.787. The zero-order valence-corrected chi connectivity index (χ0v) is 8.14. The van der Waals surface area contributed by atoms with Crippen LogP contribution in [-0.4, -0.2) is 13.7 Å². The van der Waals surface area contributed by atoms with Gasteiger partial charge in [-0.1, -0.05) is 30.7 Å². The van der Waals surface area contributed by atoms with E-state index in [1.165, 1.54) is 5.56 Å². The van der Waals surface area contributed by atoms with E-state index in [4.69, 9.17) is 16.3 Å². The Labute approximate surface area is 78.3 Å². The molecule has 0 spiro atoms. The minimum Gasteiger partial charge on any atom is -0.384 e. The largest absolute Gasteiger partial charge is 0.384 e. The van der Waals surface area contributed by atoms with Crippen molar-refractivity contribution in [3.63, 3.8) is 0 Å². The number of methoxy groups -OCH3 is 1. The average Bonchev–Trinajstić information content (AvgIpc) is 2.05. The predicted molar refractivity (Wildman–Crippen MR) is 51.7 cm³/mol. The van der Waals surface area contributed by atoms with Crippen molar-refractivity contribution in [2.24, 2.45) is 0 Å². The fourth-order valence-electron chi connectivity index (χ4n) is 1.16. The molecule has 0 aliphatic carbocycles. The Morgan fingerprint density at radius 3 is 2.83 bits per heavy atom. The lowest BCUT2D eigenvalue weighted by Gasteiger charge is -2.10. The first kappa shape index (κ1) is 9.56. The molecule has 1 aromatic rings. The van der Waals surface area contributed by atoms with Crippen LogP contribution in [0.2, 0.25) is 5.02 Å². The van der Waals surface area contributed by atoms with E-state index in [1.807, 2.05) is 18.2 Å². The van der Waals surface area contributed by atoms with Crippen LogP contribution in [-0.2, 0) is 4.74 Å². The second-order valence-corrected chi connectivity index (χ2v) is 3.35. The zero-order valence-electron chi connectivity index (χ0n) is 7.38. The molecular weight excluding hydrogens is 172 g/mol. The molecule has 2 heteroatoms. The second kappa shape index (κ2) is 4.48. The molecular formula is C10H13ClO. The van der Waals surface area contributed by atoms with E-state index < -0.39 is 0 Å². The molecule has 0 N–H and O–H groups in total. The molecule has 0 bridgehead atoms. The van der Waals surface area contributed by atoms with Crippen LogP contribution in [0.25, 0.3) is 0 Å². The van der Waals surface area contributed by atoms with Gasteiger partial charge in [-0.15, -0.1) is 0 Å². The molecule has 0 fully saturated rings. The Kier molecular flexibility index (Phi) is 3.57. The molecule has 1 rings (SSSR count). The van der Waals surface area contributed by atoms with Crippen LogP contribution in [0.5, 0.6) is 0 Å². The number of hydrogen-bond donors (Lipinski definition) is 0. The number of ether oxygens (including phenoxy) is 1. The fourth-order valence-corrected chi connectivity index (χ4v) is 1.36. The van der Waals surface area contributed by atoms with Gasteiger partial charge in [0.05, 0.1) is 6.61 Å². The zero-order chi connectivity index (χ0) is 8.97. The number of halogens is 1. The van der Waals surface area contributed by atoms with Crippen LogP contribution in [0.3, 0.4) is 0 Å². The molecule has 0 unspecified atom stereocenters. The van der Waals surface area contributed by atoms with Crippen LogP contribution in [0, 0.1) is 0 Å². The molecule has 1 nitrogen and oxygen atoms in total. The Morgan fingerprint density at radius 1 is 1.50 bits per heavy atom. The van der Waals surface area contributed by atoms with E-state index in [1.54, 1.807) is 7.11 Å². The molecule has 0 aliphatic rings. The Bertz CT molecular complexity index is 247. The lowest BCUT2D eigenvalue weighted by atomic mass is 10.0. The molecule has 0 amide bonds. The lowest BCUT2D eigenvalue weighted by Crippen LogP contribution is -2.01. The Morgan fingerprint density at radius 2 is 2.25 bits per heavy atom. The molecule has 0 saturated carbocycles. The summed E-state index contributed by atoms with van der Waals surface area (Å²) < 4.78 is 5.05. The third-order valence-electron chi connectivity index (χ3n) is 1.83. The fraction of sp³-hybridized carbons (Fsp3) is 0.400. The van der Waals surface area contributed by atoms with Gasteiger partial charge < -0.3 is 4.74 Å². The van der Waals surface area contributed by atoms with Crippen molar-refractivity contribution in [2.75, 3.05) is 13.7 Å². The van der Waals surface area contributed by atoms with Gasteiger partial charge in [0.15, 0.2) is 0 Å². The maximum Gasteiger partial charge on any atom is 0.0528 e. The van der Waals surface area contributed by atoms with Gasteiger partial charge in [-0.3, -0.25) is 0 Å². The highest BCUT2D eigenvalue weighted by Crippen LogP contribution is 2.18. The highest BCUT2D eigenvalue weighted by molar-refractivity contribution is 6.30. The van der Waals surface area contributed by atoms with Crippen LogP contribution >= 0.6 is 11.6 Å². The third kappa shape index (κ3) is 2.50. The molecule has 0 heterocycles. The number of rotatable bonds is 3. The first-order valence-electron chi connectivity index (χ1n) is 3.98. The molecule has 66 valence electrons. The molecule has 1 aromatic carbocycles. The van der Waals surface area contributed by atoms with Crippen molar-refractivity contribution in [1.82, 2.24) is 0 Å². The summed E-state index contributed by atoms with van der Waals surface area (Å²) in [4.78, 5) is 0. The van der Waals surface area contributed by atoms with Crippen molar-refractivity contribution < 1.29 is 4.74 Å². The summed E-state index contributed by atoms with van der Waals surface area (Å²) >= 11 is 5.85. The van der Waals surface area contributed by atoms with Gasteiger partial charge >= 0.3 is 0 Å². The Hall–Kier alpha value is -0.530. The summed E-state index contributed by atoms with van der Waals surface area (Å²) in [6.07, 6.45) is 0. The highest BCUT2D eigenvalue weighted by Gasteiger charge is 2.04. The number of benzene rings is 1. The molecule has 0 radical (unpaired) electrons. The monoisotopic (exact) mass is 184 g/mol. The van der Waals surface area contributed by atoms with Gasteiger partial charge in [0.25, 0.3) is 0 Å². The predicted octanol–water partition coefficient (Wildman–Crippen LogP) is 3.09. The van der Waals surface area contributed by atoms with Crippen LogP contribution in [0.4, 0.5) is 0 Å². The van der Waals surface area contributed by atoms with E-state index in [0.29, 0.717) is 5.92 Å². The lowest BCUT2D eigenvalue weighted by molar-refractivity contribution is 0.184. The van der Waals surface area contributed by atoms with Crippen LogP contribution in [0.1, 0.15) is 18.4 Å². The standard InChI is InChI=1S/C10H13ClO/c1-8(7-12-2)9-4-3-5-10(11)6-9/h3-6,8H,7H2,1-2H3/t8-/m1/s1. The number of hydrogen-bond acceptors (Lipinski definition) is 1. The minimum absolute atomic E-state index is 0.411. The first-order chi connectivity index (χ1) is 5.74. The van der Waals surface area contributed by atoms with Crippen molar-refractivity contribution in [1.29, 1.82) is 0 Å². The van der Waals surface area contributed by atoms with Crippen molar-refractivity contribution in [3.8, 4) is 0 Å². The highest BCUT2D eigenvalue weighted by atomic mass is 35.5. The van der Waals surface area contributed by atoms with Crippen molar-refractivity contribution in [2.45, 2.75) is 12.8 Å². The van der Waals surface area contributed by atoms with E-state index >= 15 is 0 Å². The van der Waals surface area contributed by atoms with Crippen molar-refractivity contribution >= 4 is 11.6 Å².